The van der Waals surface area contributed by atoms with Gasteiger partial charge in [-0.1, -0.05) is 6.92 Å². The van der Waals surface area contributed by atoms with Crippen LogP contribution in [0.1, 0.15) is 26.2 Å². The van der Waals surface area contributed by atoms with Crippen LogP contribution in [0, 0.1) is 5.92 Å². The molecule has 0 spiro atoms. The summed E-state index contributed by atoms with van der Waals surface area (Å²) in [7, 11) is 4.01. The summed E-state index contributed by atoms with van der Waals surface area (Å²) in [5.41, 5.74) is 0. The van der Waals surface area contributed by atoms with E-state index in [1.54, 1.807) is 7.11 Å². The second-order valence-corrected chi connectivity index (χ2v) is 4.70. The standard InChI is InChI=1S/C12H26N2O/c1-4-7-13-8-12(10-15-3)14(2)9-11-5-6-11/h11-13H,4-10H2,1-3H3. The maximum atomic E-state index is 5.28. The first-order chi connectivity index (χ1) is 7.27. The van der Waals surface area contributed by atoms with Crippen molar-refractivity contribution in [2.75, 3.05) is 40.4 Å². The zero-order valence-corrected chi connectivity index (χ0v) is 10.5. The monoisotopic (exact) mass is 214 g/mol. The second kappa shape index (κ2) is 7.20. The first-order valence-corrected chi connectivity index (χ1v) is 6.17. The summed E-state index contributed by atoms with van der Waals surface area (Å²) in [4.78, 5) is 2.45. The van der Waals surface area contributed by atoms with Crippen LogP contribution in [0.4, 0.5) is 0 Å². The Labute approximate surface area is 94.2 Å². The second-order valence-electron chi connectivity index (χ2n) is 4.70. The molecule has 0 aliphatic heterocycles. The third-order valence-electron chi connectivity index (χ3n) is 3.03. The molecule has 1 aliphatic rings. The Hall–Kier alpha value is -0.120. The quantitative estimate of drug-likeness (QED) is 0.586. The van der Waals surface area contributed by atoms with Gasteiger partial charge in [0.05, 0.1) is 6.61 Å². The molecule has 3 nitrogen and oxygen atoms in total. The summed E-state index contributed by atoms with van der Waals surface area (Å²) in [6.45, 7) is 6.43. The van der Waals surface area contributed by atoms with E-state index < -0.39 is 0 Å². The molecule has 0 amide bonds. The molecule has 1 unspecified atom stereocenters. The predicted octanol–water partition coefficient (Wildman–Crippen LogP) is 1.34. The van der Waals surface area contributed by atoms with Crippen molar-refractivity contribution in [1.29, 1.82) is 0 Å². The van der Waals surface area contributed by atoms with Crippen LogP contribution in [0.5, 0.6) is 0 Å². The minimum Gasteiger partial charge on any atom is -0.383 e. The number of ether oxygens (including phenoxy) is 1. The molecular weight excluding hydrogens is 188 g/mol. The highest BCUT2D eigenvalue weighted by Gasteiger charge is 2.25. The maximum absolute atomic E-state index is 5.28. The molecule has 0 saturated heterocycles. The Balaban J connectivity index is 2.19. The Morgan fingerprint density at radius 2 is 2.20 bits per heavy atom. The smallest absolute Gasteiger partial charge is 0.0630 e. The zero-order valence-electron chi connectivity index (χ0n) is 10.5. The van der Waals surface area contributed by atoms with Crippen LogP contribution in [-0.4, -0.2) is 51.3 Å². The highest BCUT2D eigenvalue weighted by molar-refractivity contribution is 4.80. The lowest BCUT2D eigenvalue weighted by Gasteiger charge is -2.27. The van der Waals surface area contributed by atoms with Crippen molar-refractivity contribution in [2.24, 2.45) is 5.92 Å². The van der Waals surface area contributed by atoms with Crippen molar-refractivity contribution in [1.82, 2.24) is 10.2 Å². The van der Waals surface area contributed by atoms with Crippen molar-refractivity contribution in [3.8, 4) is 0 Å². The van der Waals surface area contributed by atoms with Crippen molar-refractivity contribution in [3.05, 3.63) is 0 Å². The molecule has 0 aromatic heterocycles. The first kappa shape index (κ1) is 12.9. The van der Waals surface area contributed by atoms with Gasteiger partial charge in [-0.25, -0.2) is 0 Å². The van der Waals surface area contributed by atoms with E-state index >= 15 is 0 Å². The van der Waals surface area contributed by atoms with Crippen molar-refractivity contribution < 1.29 is 4.74 Å². The van der Waals surface area contributed by atoms with E-state index in [2.05, 4.69) is 24.2 Å². The molecule has 1 N–H and O–H groups in total. The molecule has 0 aromatic carbocycles. The molecule has 1 rings (SSSR count). The highest BCUT2D eigenvalue weighted by atomic mass is 16.5. The van der Waals surface area contributed by atoms with Crippen LogP contribution in [0.3, 0.4) is 0 Å². The molecule has 0 aromatic rings. The van der Waals surface area contributed by atoms with Crippen LogP contribution in [-0.2, 0) is 4.74 Å². The summed E-state index contributed by atoms with van der Waals surface area (Å²) >= 11 is 0. The third-order valence-corrected chi connectivity index (χ3v) is 3.03. The number of rotatable bonds is 9. The SMILES string of the molecule is CCCNCC(COC)N(C)CC1CC1. The van der Waals surface area contributed by atoms with Crippen LogP contribution in [0.25, 0.3) is 0 Å². The van der Waals surface area contributed by atoms with Crippen LogP contribution in [0.2, 0.25) is 0 Å². The number of nitrogens with one attached hydrogen (secondary N) is 1. The molecule has 90 valence electrons. The molecule has 3 heteroatoms. The van der Waals surface area contributed by atoms with Gasteiger partial charge in [-0.15, -0.1) is 0 Å². The zero-order chi connectivity index (χ0) is 11.1. The summed E-state index contributed by atoms with van der Waals surface area (Å²) in [5.74, 6) is 0.959. The summed E-state index contributed by atoms with van der Waals surface area (Å²) < 4.78 is 5.28. The number of nitrogens with zero attached hydrogens (tertiary/aromatic N) is 1. The van der Waals surface area contributed by atoms with Gasteiger partial charge < -0.3 is 10.1 Å². The Bertz CT molecular complexity index is 160. The fourth-order valence-corrected chi connectivity index (χ4v) is 1.84. The van der Waals surface area contributed by atoms with E-state index in [1.165, 1.54) is 25.8 Å². The average Bonchev–Trinajstić information content (AvgIpc) is 3.00. The van der Waals surface area contributed by atoms with Gasteiger partial charge in [-0.2, -0.15) is 0 Å². The molecule has 0 radical (unpaired) electrons. The van der Waals surface area contributed by atoms with Crippen LogP contribution < -0.4 is 5.32 Å². The Morgan fingerprint density at radius 1 is 1.47 bits per heavy atom. The van der Waals surface area contributed by atoms with Gasteiger partial charge in [0.25, 0.3) is 0 Å². The van der Waals surface area contributed by atoms with E-state index in [1.807, 2.05) is 0 Å². The molecule has 1 fully saturated rings. The number of hydrogen-bond acceptors (Lipinski definition) is 3. The molecule has 0 heterocycles. The largest absolute Gasteiger partial charge is 0.383 e. The van der Waals surface area contributed by atoms with Gasteiger partial charge in [0, 0.05) is 26.2 Å². The lowest BCUT2D eigenvalue weighted by Crippen LogP contribution is -2.44. The minimum absolute atomic E-state index is 0.530. The fourth-order valence-electron chi connectivity index (χ4n) is 1.84. The maximum Gasteiger partial charge on any atom is 0.0630 e. The molecule has 0 bridgehead atoms. The van der Waals surface area contributed by atoms with E-state index in [9.17, 15) is 0 Å². The summed E-state index contributed by atoms with van der Waals surface area (Å²) in [6.07, 6.45) is 4.05. The van der Waals surface area contributed by atoms with Gasteiger partial charge in [-0.05, 0) is 38.8 Å². The van der Waals surface area contributed by atoms with Crippen molar-refractivity contribution in [3.63, 3.8) is 0 Å². The van der Waals surface area contributed by atoms with E-state index in [4.69, 9.17) is 4.74 Å². The third kappa shape index (κ3) is 5.50. The normalized spacial score (nSPS) is 18.4. The predicted molar refractivity (Wildman–Crippen MR) is 64.2 cm³/mol. The van der Waals surface area contributed by atoms with Gasteiger partial charge >= 0.3 is 0 Å². The van der Waals surface area contributed by atoms with E-state index in [-0.39, 0.29) is 0 Å². The fraction of sp³-hybridized carbons (Fsp3) is 1.00. The number of likely N-dealkylation sites (N-methyl/N-ethyl adjacent to an activating group) is 1. The molecular formula is C12H26N2O. The number of hydrogen-bond donors (Lipinski definition) is 1. The van der Waals surface area contributed by atoms with Crippen molar-refractivity contribution in [2.45, 2.75) is 32.2 Å². The summed E-state index contributed by atoms with van der Waals surface area (Å²) in [6, 6.07) is 0.530. The Morgan fingerprint density at radius 3 is 2.73 bits per heavy atom. The highest BCUT2D eigenvalue weighted by Crippen LogP contribution is 2.29. The van der Waals surface area contributed by atoms with Crippen LogP contribution in [0.15, 0.2) is 0 Å². The lowest BCUT2D eigenvalue weighted by atomic mass is 10.2. The molecule has 1 aliphatic carbocycles. The van der Waals surface area contributed by atoms with E-state index in [0.717, 1.165) is 25.6 Å². The van der Waals surface area contributed by atoms with Crippen LogP contribution >= 0.6 is 0 Å². The van der Waals surface area contributed by atoms with Gasteiger partial charge in [0.1, 0.15) is 0 Å². The van der Waals surface area contributed by atoms with Crippen molar-refractivity contribution >= 4 is 0 Å². The lowest BCUT2D eigenvalue weighted by molar-refractivity contribution is 0.103. The van der Waals surface area contributed by atoms with Gasteiger partial charge in [0.15, 0.2) is 0 Å². The first-order valence-electron chi connectivity index (χ1n) is 6.17. The van der Waals surface area contributed by atoms with Gasteiger partial charge in [0.2, 0.25) is 0 Å². The average molecular weight is 214 g/mol. The molecule has 15 heavy (non-hydrogen) atoms. The molecule has 1 saturated carbocycles. The number of methoxy groups -OCH3 is 1. The minimum atomic E-state index is 0.530. The topological polar surface area (TPSA) is 24.5 Å². The van der Waals surface area contributed by atoms with E-state index in [0.29, 0.717) is 6.04 Å². The van der Waals surface area contributed by atoms with Gasteiger partial charge in [-0.3, -0.25) is 4.90 Å². The summed E-state index contributed by atoms with van der Waals surface area (Å²) in [5, 5.41) is 3.47. The molecule has 1 atom stereocenters. The Kier molecular flexibility index (Phi) is 6.22.